The Morgan fingerprint density at radius 3 is 2.47 bits per heavy atom. The van der Waals surface area contributed by atoms with Gasteiger partial charge < -0.3 is 31.6 Å². The van der Waals surface area contributed by atoms with Crippen molar-refractivity contribution < 1.29 is 42.7 Å². The Hall–Kier alpha value is -5.15. The summed E-state index contributed by atoms with van der Waals surface area (Å²) >= 11 is 0. The zero-order chi connectivity index (χ0) is 35.0. The Bertz CT molecular complexity index is 1620. The summed E-state index contributed by atoms with van der Waals surface area (Å²) in [6.07, 6.45) is 1.89. The maximum atomic E-state index is 15.0. The fourth-order valence-corrected chi connectivity index (χ4v) is 7.25. The number of carbonyl (C=O) groups excluding carboxylic acids is 6. The number of carbonyl (C=O) groups is 6. The van der Waals surface area contributed by atoms with Crippen LogP contribution in [0.1, 0.15) is 66.4 Å². The molecule has 1 unspecified atom stereocenters. The van der Waals surface area contributed by atoms with Crippen LogP contribution in [0.5, 0.6) is 0 Å². The first-order chi connectivity index (χ1) is 23.7. The summed E-state index contributed by atoms with van der Waals surface area (Å²) in [4.78, 5) is 89.6. The molecular formula is C34H42N7O8+. The van der Waals surface area contributed by atoms with Crippen LogP contribution in [0.4, 0.5) is 10.5 Å². The fraction of sp³-hybridized carbons (Fsp3) is 0.441. The highest BCUT2D eigenvalue weighted by atomic mass is 16.6. The van der Waals surface area contributed by atoms with Crippen LogP contribution in [0.15, 0.2) is 53.5 Å². The van der Waals surface area contributed by atoms with Gasteiger partial charge in [-0.2, -0.15) is 4.79 Å². The lowest BCUT2D eigenvalue weighted by molar-refractivity contribution is -0.826. The van der Waals surface area contributed by atoms with Gasteiger partial charge in [0.15, 0.2) is 11.7 Å². The van der Waals surface area contributed by atoms with Crippen molar-refractivity contribution >= 4 is 47.7 Å². The first-order valence-corrected chi connectivity index (χ1v) is 16.4. The van der Waals surface area contributed by atoms with Crippen molar-refractivity contribution in [3.8, 4) is 0 Å². The van der Waals surface area contributed by atoms with E-state index in [9.17, 15) is 28.8 Å². The molecule has 2 fully saturated rings. The number of quaternary nitrogens is 1. The number of ketones is 1. The first kappa shape index (κ1) is 35.2. The van der Waals surface area contributed by atoms with Crippen molar-refractivity contribution in [2.24, 2.45) is 16.5 Å². The molecule has 6 N–H and O–H groups in total. The minimum Gasteiger partial charge on any atom is -0.463 e. The molecule has 260 valence electrons. The molecule has 15 nitrogen and oxygen atoms in total. The lowest BCUT2D eigenvalue weighted by Crippen LogP contribution is -2.80. The van der Waals surface area contributed by atoms with Crippen molar-refractivity contribution in [1.82, 2.24) is 10.2 Å². The number of guanidine groups is 1. The Balaban J connectivity index is 1.68. The first-order valence-electron chi connectivity index (χ1n) is 16.4. The van der Waals surface area contributed by atoms with Gasteiger partial charge in [0.25, 0.3) is 18.0 Å². The zero-order valence-electron chi connectivity index (χ0n) is 27.2. The third-order valence-corrected chi connectivity index (χ3v) is 9.50. The summed E-state index contributed by atoms with van der Waals surface area (Å²) in [5.41, 5.74) is 9.99. The normalized spacial score (nSPS) is 24.4. The molecule has 0 radical (unpaired) electrons. The van der Waals surface area contributed by atoms with Crippen LogP contribution in [-0.4, -0.2) is 89.3 Å². The van der Waals surface area contributed by atoms with E-state index in [0.717, 1.165) is 6.42 Å². The molecule has 3 aliphatic heterocycles. The molecule has 5 rings (SSSR count). The SMILES string of the molecule is NC(N)=NCCC[C@@H]1NC(=O)[C@]2(N3CCCCC3)CCC[N+]2(C(=O)OCc2ccccc2)C(=O)C(=O)Nc2cccc(c2COC=O)C1=O. The molecule has 2 bridgehead atoms. The molecule has 0 saturated carbocycles. The zero-order valence-corrected chi connectivity index (χ0v) is 27.2. The Labute approximate surface area is 283 Å². The number of piperidine rings is 1. The lowest BCUT2D eigenvalue weighted by atomic mass is 9.92. The van der Waals surface area contributed by atoms with E-state index in [0.29, 0.717) is 37.9 Å². The number of rotatable bonds is 10. The van der Waals surface area contributed by atoms with Crippen LogP contribution >= 0.6 is 0 Å². The molecule has 0 spiro atoms. The van der Waals surface area contributed by atoms with E-state index < -0.39 is 52.4 Å². The largest absolute Gasteiger partial charge is 0.526 e. The molecule has 4 amide bonds. The summed E-state index contributed by atoms with van der Waals surface area (Å²) in [5.74, 6) is -3.76. The lowest BCUT2D eigenvalue weighted by Gasteiger charge is -2.48. The number of benzene rings is 2. The van der Waals surface area contributed by atoms with E-state index >= 15 is 0 Å². The predicted molar refractivity (Wildman–Crippen MR) is 176 cm³/mol. The number of Topliss-reactive ketones (excluding diaryl/α,β-unsaturated/α-hetero) is 1. The van der Waals surface area contributed by atoms with Gasteiger partial charge in [-0.25, -0.2) is 9.69 Å². The van der Waals surface area contributed by atoms with Gasteiger partial charge >= 0.3 is 17.9 Å². The van der Waals surface area contributed by atoms with Crippen LogP contribution in [-0.2, 0) is 41.9 Å². The number of aliphatic imine (C=N–C) groups is 1. The average molecular weight is 677 g/mol. The molecule has 2 saturated heterocycles. The molecule has 49 heavy (non-hydrogen) atoms. The number of hydrogen-bond donors (Lipinski definition) is 4. The highest BCUT2D eigenvalue weighted by Gasteiger charge is 2.73. The molecule has 3 aliphatic rings. The summed E-state index contributed by atoms with van der Waals surface area (Å²) in [6.45, 7) is 0.311. The number of likely N-dealkylation sites (tertiary alicyclic amines) is 1. The number of amides is 4. The van der Waals surface area contributed by atoms with Crippen molar-refractivity contribution in [2.75, 3.05) is 31.5 Å². The van der Waals surface area contributed by atoms with Crippen LogP contribution in [0.25, 0.3) is 0 Å². The maximum Gasteiger partial charge on any atom is 0.526 e. The smallest absolute Gasteiger partial charge is 0.463 e. The predicted octanol–water partition coefficient (Wildman–Crippen LogP) is 1.69. The van der Waals surface area contributed by atoms with Gasteiger partial charge in [-0.05, 0) is 37.3 Å². The van der Waals surface area contributed by atoms with E-state index in [1.54, 1.807) is 24.3 Å². The van der Waals surface area contributed by atoms with E-state index in [-0.39, 0.29) is 68.2 Å². The molecule has 3 atom stereocenters. The van der Waals surface area contributed by atoms with Gasteiger partial charge in [0.1, 0.15) is 13.2 Å². The number of hydrogen-bond acceptors (Lipinski definition) is 10. The number of imide groups is 1. The van der Waals surface area contributed by atoms with Gasteiger partial charge in [0, 0.05) is 49.3 Å². The Kier molecular flexibility index (Phi) is 11.0. The third kappa shape index (κ3) is 6.89. The van der Waals surface area contributed by atoms with Gasteiger partial charge in [-0.1, -0.05) is 48.9 Å². The van der Waals surface area contributed by atoms with E-state index in [4.69, 9.17) is 20.9 Å². The highest BCUT2D eigenvalue weighted by Crippen LogP contribution is 2.44. The number of nitrogens with zero attached hydrogens (tertiary/aromatic N) is 3. The Morgan fingerprint density at radius 2 is 1.76 bits per heavy atom. The van der Waals surface area contributed by atoms with Crippen molar-refractivity contribution in [3.63, 3.8) is 0 Å². The maximum absolute atomic E-state index is 15.0. The molecule has 0 aromatic heterocycles. The minimum atomic E-state index is -1.89. The third-order valence-electron chi connectivity index (χ3n) is 9.50. The summed E-state index contributed by atoms with van der Waals surface area (Å²) < 4.78 is 9.57. The van der Waals surface area contributed by atoms with Gasteiger partial charge in [0.2, 0.25) is 0 Å². The summed E-state index contributed by atoms with van der Waals surface area (Å²) in [7, 11) is 0. The standard InChI is InChI=1S/C34H41N7O8/c35-32(36)37-16-8-14-27-28(43)24-12-7-13-26(25(24)21-48-22-42)38-29(44)30(45)41(33(47)49-20-23-10-3-1-4-11-23)19-9-15-34(41,31(46)39-27)40-17-5-2-6-18-40/h1,3-4,7,10-13,22,27H,2,5-6,8-9,14-21H2,(H5-,35,36,37,38,39,44,46)/p+1/t27-,34-,41?/m0/s1. The second-order valence-electron chi connectivity index (χ2n) is 12.4. The van der Waals surface area contributed by atoms with Crippen LogP contribution < -0.4 is 22.1 Å². The number of nitrogens with one attached hydrogen (secondary N) is 2. The molecule has 0 aliphatic carbocycles. The number of fused-ring (bicyclic) bond motifs is 3. The second kappa shape index (κ2) is 15.4. The van der Waals surface area contributed by atoms with Crippen molar-refractivity contribution in [2.45, 2.75) is 69.9 Å². The fourth-order valence-electron chi connectivity index (χ4n) is 7.25. The molecule has 2 aromatic rings. The molecule has 15 heteroatoms. The highest BCUT2D eigenvalue weighted by molar-refractivity contribution is 6.38. The number of ether oxygens (including phenoxy) is 2. The van der Waals surface area contributed by atoms with Crippen molar-refractivity contribution in [1.29, 1.82) is 0 Å². The van der Waals surface area contributed by atoms with Gasteiger partial charge in [-0.3, -0.25) is 24.2 Å². The number of nitrogens with two attached hydrogens (primary N) is 2. The summed E-state index contributed by atoms with van der Waals surface area (Å²) in [6, 6.07) is 12.1. The molecular weight excluding hydrogens is 634 g/mol. The van der Waals surface area contributed by atoms with E-state index in [1.807, 2.05) is 11.0 Å². The van der Waals surface area contributed by atoms with Gasteiger partial charge in [-0.15, -0.1) is 4.48 Å². The Morgan fingerprint density at radius 1 is 1.00 bits per heavy atom. The van der Waals surface area contributed by atoms with Crippen molar-refractivity contribution in [3.05, 3.63) is 65.2 Å². The van der Waals surface area contributed by atoms with Crippen LogP contribution in [0.3, 0.4) is 0 Å². The average Bonchev–Trinajstić information content (AvgIpc) is 3.53. The van der Waals surface area contributed by atoms with E-state index in [2.05, 4.69) is 15.6 Å². The van der Waals surface area contributed by atoms with Gasteiger partial charge in [0.05, 0.1) is 12.6 Å². The summed E-state index contributed by atoms with van der Waals surface area (Å²) in [5, 5.41) is 5.48. The van der Waals surface area contributed by atoms with Crippen LogP contribution in [0, 0.1) is 0 Å². The molecule has 3 heterocycles. The van der Waals surface area contributed by atoms with E-state index in [1.165, 1.54) is 18.2 Å². The molecule has 2 aromatic carbocycles. The monoisotopic (exact) mass is 676 g/mol. The quantitative estimate of drug-likeness (QED) is 0.0710. The topological polar surface area (TPSA) is 213 Å². The second-order valence-corrected chi connectivity index (χ2v) is 12.4. The van der Waals surface area contributed by atoms with Crippen LogP contribution in [0.2, 0.25) is 0 Å². The minimum absolute atomic E-state index is 0.0378. The number of anilines is 1.